The van der Waals surface area contributed by atoms with Gasteiger partial charge in [0.15, 0.2) is 11.5 Å². The zero-order valence-electron chi connectivity index (χ0n) is 11.5. The maximum Gasteiger partial charge on any atom is 0.358 e. The number of halogens is 2. The number of nitrogen functional groups attached to an aromatic ring is 1. The highest BCUT2D eigenvalue weighted by molar-refractivity contribution is 6.35. The van der Waals surface area contributed by atoms with Crippen molar-refractivity contribution in [1.29, 1.82) is 0 Å². The average Bonchev–Trinajstić information content (AvgIpc) is 3.01. The molecule has 0 radical (unpaired) electrons. The number of ether oxygens (including phenoxy) is 1. The lowest BCUT2D eigenvalue weighted by molar-refractivity contribution is 0.0594. The summed E-state index contributed by atoms with van der Waals surface area (Å²) in [5, 5.41) is 0.624. The van der Waals surface area contributed by atoms with Gasteiger partial charge < -0.3 is 15.5 Å². The molecule has 2 aromatic heterocycles. The lowest BCUT2D eigenvalue weighted by Crippen LogP contribution is -2.10. The van der Waals surface area contributed by atoms with Gasteiger partial charge in [-0.1, -0.05) is 29.8 Å². The number of nitrogens with zero attached hydrogens (tertiary/aromatic N) is 1. The van der Waals surface area contributed by atoms with Gasteiger partial charge in [0.1, 0.15) is 5.69 Å². The van der Waals surface area contributed by atoms with E-state index in [2.05, 4.69) is 14.7 Å². The van der Waals surface area contributed by atoms with E-state index in [1.165, 1.54) is 7.11 Å². The molecule has 0 unspecified atom stereocenters. The molecule has 0 saturated carbocycles. The van der Waals surface area contributed by atoms with E-state index < -0.39 is 11.8 Å². The molecule has 0 atom stereocenters. The largest absolute Gasteiger partial charge is 0.464 e. The second-order valence-electron chi connectivity index (χ2n) is 4.59. The molecule has 0 aliphatic heterocycles. The molecule has 22 heavy (non-hydrogen) atoms. The number of fused-ring (bicyclic) bond motifs is 1. The fraction of sp³-hybridized carbons (Fsp3) is 0.0667. The van der Waals surface area contributed by atoms with Crippen molar-refractivity contribution in [3.05, 3.63) is 47.0 Å². The van der Waals surface area contributed by atoms with Gasteiger partial charge in [-0.25, -0.2) is 14.2 Å². The van der Waals surface area contributed by atoms with Crippen molar-refractivity contribution < 1.29 is 13.9 Å². The van der Waals surface area contributed by atoms with Crippen LogP contribution in [0, 0.1) is 5.82 Å². The number of methoxy groups -OCH3 is 1. The van der Waals surface area contributed by atoms with Crippen LogP contribution in [0.15, 0.2) is 30.5 Å². The quantitative estimate of drug-likeness (QED) is 0.709. The summed E-state index contributed by atoms with van der Waals surface area (Å²) in [4.78, 5) is 18.8. The number of hydrogen-bond donors (Lipinski definition) is 2. The molecular formula is C15H11ClFN3O2. The molecule has 0 fully saturated rings. The molecule has 3 N–H and O–H groups in total. The first-order chi connectivity index (χ1) is 10.5. The fourth-order valence-corrected chi connectivity index (χ4v) is 2.46. The topological polar surface area (TPSA) is 81.0 Å². The van der Waals surface area contributed by atoms with Crippen molar-refractivity contribution in [2.24, 2.45) is 0 Å². The Bertz CT molecular complexity index is 892. The monoisotopic (exact) mass is 319 g/mol. The van der Waals surface area contributed by atoms with Gasteiger partial charge in [0.2, 0.25) is 0 Å². The van der Waals surface area contributed by atoms with Crippen molar-refractivity contribution in [2.45, 2.75) is 0 Å². The fourth-order valence-electron chi connectivity index (χ4n) is 2.25. The molecule has 0 spiro atoms. The van der Waals surface area contributed by atoms with E-state index in [1.807, 2.05) is 12.1 Å². The highest BCUT2D eigenvalue weighted by Gasteiger charge is 2.23. The molecule has 0 amide bonds. The van der Waals surface area contributed by atoms with E-state index in [0.717, 1.165) is 5.39 Å². The highest BCUT2D eigenvalue weighted by atomic mass is 35.5. The van der Waals surface area contributed by atoms with Gasteiger partial charge in [-0.2, -0.15) is 0 Å². The van der Waals surface area contributed by atoms with Crippen LogP contribution in [0.3, 0.4) is 0 Å². The standard InChI is InChI=1S/C15H11ClFN3O2/c1-22-15(21)14-9(16)11(18)10(17)13(20-14)8-4-2-3-7-5-6-19-12(7)8/h2-6,19H,1H3,(H2,18,20). The van der Waals surface area contributed by atoms with Crippen LogP contribution in [0.25, 0.3) is 22.2 Å². The number of aromatic nitrogens is 2. The van der Waals surface area contributed by atoms with Crippen molar-refractivity contribution >= 4 is 34.2 Å². The van der Waals surface area contributed by atoms with E-state index >= 15 is 0 Å². The third-order valence-corrected chi connectivity index (χ3v) is 3.72. The molecule has 0 saturated heterocycles. The number of hydrogen-bond acceptors (Lipinski definition) is 4. The van der Waals surface area contributed by atoms with Crippen LogP contribution in [0.1, 0.15) is 10.5 Å². The van der Waals surface area contributed by atoms with Gasteiger partial charge in [0.25, 0.3) is 0 Å². The van der Waals surface area contributed by atoms with Crippen LogP contribution < -0.4 is 5.73 Å². The average molecular weight is 320 g/mol. The van der Waals surface area contributed by atoms with Gasteiger partial charge in [0, 0.05) is 17.1 Å². The molecular weight excluding hydrogens is 309 g/mol. The summed E-state index contributed by atoms with van der Waals surface area (Å²) in [5.74, 6) is -1.56. The van der Waals surface area contributed by atoms with Crippen LogP contribution in [0.2, 0.25) is 5.02 Å². The number of carbonyl (C=O) groups excluding carboxylic acids is 1. The molecule has 3 aromatic rings. The summed E-state index contributed by atoms with van der Waals surface area (Å²) in [7, 11) is 1.19. The maximum absolute atomic E-state index is 14.5. The molecule has 2 heterocycles. The van der Waals surface area contributed by atoms with Crippen LogP contribution in [0.4, 0.5) is 10.1 Å². The van der Waals surface area contributed by atoms with E-state index in [0.29, 0.717) is 11.1 Å². The molecule has 0 bridgehead atoms. The zero-order valence-corrected chi connectivity index (χ0v) is 12.2. The van der Waals surface area contributed by atoms with Crippen LogP contribution in [-0.4, -0.2) is 23.0 Å². The number of esters is 1. The predicted molar refractivity (Wildman–Crippen MR) is 82.2 cm³/mol. The van der Waals surface area contributed by atoms with E-state index in [1.54, 1.807) is 18.3 Å². The Hall–Kier alpha value is -2.60. The Morgan fingerprint density at radius 1 is 1.41 bits per heavy atom. The summed E-state index contributed by atoms with van der Waals surface area (Å²) < 4.78 is 19.1. The number of pyridine rings is 1. The summed E-state index contributed by atoms with van der Waals surface area (Å²) in [6.45, 7) is 0. The first kappa shape index (κ1) is 14.3. The first-order valence-corrected chi connectivity index (χ1v) is 6.71. The minimum Gasteiger partial charge on any atom is -0.464 e. The maximum atomic E-state index is 14.5. The zero-order chi connectivity index (χ0) is 15.9. The number of anilines is 1. The van der Waals surface area contributed by atoms with Gasteiger partial charge in [-0.15, -0.1) is 0 Å². The van der Waals surface area contributed by atoms with Gasteiger partial charge >= 0.3 is 5.97 Å². The third-order valence-electron chi connectivity index (χ3n) is 3.33. The van der Waals surface area contributed by atoms with Gasteiger partial charge in [-0.05, 0) is 6.07 Å². The molecule has 0 aliphatic carbocycles. The van der Waals surface area contributed by atoms with Gasteiger partial charge in [0.05, 0.1) is 23.3 Å². The Morgan fingerprint density at radius 2 is 2.18 bits per heavy atom. The van der Waals surface area contributed by atoms with Crippen molar-refractivity contribution in [3.63, 3.8) is 0 Å². The Labute approximate surface area is 129 Å². The van der Waals surface area contributed by atoms with E-state index in [4.69, 9.17) is 17.3 Å². The van der Waals surface area contributed by atoms with Crippen LogP contribution in [-0.2, 0) is 4.74 Å². The van der Waals surface area contributed by atoms with Crippen molar-refractivity contribution in [2.75, 3.05) is 12.8 Å². The Balaban J connectivity index is 2.33. The molecule has 5 nitrogen and oxygen atoms in total. The van der Waals surface area contributed by atoms with Crippen molar-refractivity contribution in [1.82, 2.24) is 9.97 Å². The Kier molecular flexibility index (Phi) is 3.46. The number of aromatic amines is 1. The molecule has 112 valence electrons. The number of rotatable bonds is 2. The number of para-hydroxylation sites is 1. The van der Waals surface area contributed by atoms with Crippen molar-refractivity contribution in [3.8, 4) is 11.3 Å². The molecule has 7 heteroatoms. The molecule has 0 aliphatic rings. The second-order valence-corrected chi connectivity index (χ2v) is 4.97. The highest BCUT2D eigenvalue weighted by Crippen LogP contribution is 2.34. The second kappa shape index (κ2) is 5.31. The van der Waals surface area contributed by atoms with Gasteiger partial charge in [-0.3, -0.25) is 0 Å². The number of nitrogens with two attached hydrogens (primary N) is 1. The predicted octanol–water partition coefficient (Wildman–Crippen LogP) is 3.39. The molecule has 1 aromatic carbocycles. The number of nitrogens with one attached hydrogen (secondary N) is 1. The lowest BCUT2D eigenvalue weighted by Gasteiger charge is -2.11. The Morgan fingerprint density at radius 3 is 2.91 bits per heavy atom. The number of carbonyl (C=O) groups is 1. The third kappa shape index (κ3) is 2.08. The summed E-state index contributed by atoms with van der Waals surface area (Å²) in [5.41, 5.74) is 6.22. The first-order valence-electron chi connectivity index (χ1n) is 6.34. The summed E-state index contributed by atoms with van der Waals surface area (Å²) >= 11 is 5.89. The van der Waals surface area contributed by atoms with Crippen LogP contribution >= 0.6 is 11.6 Å². The minimum absolute atomic E-state index is 0.0599. The van der Waals surface area contributed by atoms with Crippen LogP contribution in [0.5, 0.6) is 0 Å². The summed E-state index contributed by atoms with van der Waals surface area (Å²) in [6, 6.07) is 7.15. The van der Waals surface area contributed by atoms with E-state index in [9.17, 15) is 9.18 Å². The normalized spacial score (nSPS) is 10.9. The lowest BCUT2D eigenvalue weighted by atomic mass is 10.1. The minimum atomic E-state index is -0.781. The smallest absolute Gasteiger partial charge is 0.358 e. The number of benzene rings is 1. The number of H-pyrrole nitrogens is 1. The SMILES string of the molecule is COC(=O)c1nc(-c2cccc3cc[nH]c23)c(F)c(N)c1Cl. The molecule has 3 rings (SSSR count). The van der Waals surface area contributed by atoms with E-state index in [-0.39, 0.29) is 22.1 Å². The summed E-state index contributed by atoms with van der Waals surface area (Å²) in [6.07, 6.45) is 1.73.